The minimum atomic E-state index is 0.894. The summed E-state index contributed by atoms with van der Waals surface area (Å²) in [5, 5.41) is 3.01. The summed E-state index contributed by atoms with van der Waals surface area (Å²) in [6.45, 7) is 7.64. The molecule has 0 fully saturated rings. The van der Waals surface area contributed by atoms with Crippen molar-refractivity contribution in [3.05, 3.63) is 30.6 Å². The van der Waals surface area contributed by atoms with Crippen LogP contribution in [0.3, 0.4) is 0 Å². The van der Waals surface area contributed by atoms with Crippen LogP contribution in [0.15, 0.2) is 24.9 Å². The summed E-state index contributed by atoms with van der Waals surface area (Å²) in [4.78, 5) is 4.09. The van der Waals surface area contributed by atoms with E-state index in [1.807, 2.05) is 33.0 Å². The maximum Gasteiger partial charge on any atom is 0.0854 e. The van der Waals surface area contributed by atoms with Crippen LogP contribution in [-0.2, 0) is 0 Å². The highest BCUT2D eigenvalue weighted by Gasteiger charge is 1.92. The smallest absolute Gasteiger partial charge is 0.0854 e. The number of aromatic nitrogens is 1. The van der Waals surface area contributed by atoms with Gasteiger partial charge in [-0.15, -0.1) is 0 Å². The molecule has 2 nitrogen and oxygen atoms in total. The number of anilines is 1. The van der Waals surface area contributed by atoms with E-state index in [4.69, 9.17) is 0 Å². The summed E-state index contributed by atoms with van der Waals surface area (Å²) < 4.78 is 0. The Labute approximate surface area is 74.3 Å². The fourth-order valence-corrected chi connectivity index (χ4v) is 0.792. The number of rotatable bonds is 2. The van der Waals surface area contributed by atoms with Gasteiger partial charge in [0.15, 0.2) is 0 Å². The highest BCUT2D eigenvalue weighted by molar-refractivity contribution is 5.61. The van der Waals surface area contributed by atoms with Gasteiger partial charge < -0.3 is 5.32 Å². The van der Waals surface area contributed by atoms with E-state index in [1.54, 1.807) is 12.3 Å². The predicted octanol–water partition coefficient (Wildman–Crippen LogP) is 2.79. The largest absolute Gasteiger partial charge is 0.386 e. The average molecular weight is 164 g/mol. The Balaban J connectivity index is 0.000000561. The molecule has 2 heteroatoms. The SMILES string of the molecule is C=Cc1ncccc1NC.CC. The van der Waals surface area contributed by atoms with Crippen molar-refractivity contribution in [3.63, 3.8) is 0 Å². The van der Waals surface area contributed by atoms with Crippen molar-refractivity contribution in [2.24, 2.45) is 0 Å². The monoisotopic (exact) mass is 164 g/mol. The molecule has 0 bridgehead atoms. The number of pyridine rings is 1. The Kier molecular flexibility index (Phi) is 5.70. The van der Waals surface area contributed by atoms with Gasteiger partial charge in [0.1, 0.15) is 0 Å². The van der Waals surface area contributed by atoms with Crippen molar-refractivity contribution in [3.8, 4) is 0 Å². The lowest BCUT2D eigenvalue weighted by Gasteiger charge is -2.01. The molecule has 0 aliphatic carbocycles. The molecule has 0 spiro atoms. The first-order chi connectivity index (χ1) is 5.88. The van der Waals surface area contributed by atoms with E-state index >= 15 is 0 Å². The van der Waals surface area contributed by atoms with Crippen LogP contribution in [-0.4, -0.2) is 12.0 Å². The zero-order chi connectivity index (χ0) is 9.40. The molecule has 0 aliphatic heterocycles. The van der Waals surface area contributed by atoms with Crippen LogP contribution in [0.1, 0.15) is 19.5 Å². The number of hydrogen-bond acceptors (Lipinski definition) is 2. The molecular formula is C10H16N2. The van der Waals surface area contributed by atoms with E-state index < -0.39 is 0 Å². The van der Waals surface area contributed by atoms with Crippen LogP contribution >= 0.6 is 0 Å². The molecule has 0 saturated carbocycles. The van der Waals surface area contributed by atoms with Crippen molar-refractivity contribution >= 4 is 11.8 Å². The molecule has 0 atom stereocenters. The summed E-state index contributed by atoms with van der Waals surface area (Å²) in [6.07, 6.45) is 3.48. The van der Waals surface area contributed by atoms with Gasteiger partial charge >= 0.3 is 0 Å². The third-order valence-corrected chi connectivity index (χ3v) is 1.30. The van der Waals surface area contributed by atoms with Gasteiger partial charge in [-0.1, -0.05) is 20.4 Å². The van der Waals surface area contributed by atoms with Gasteiger partial charge in [0.2, 0.25) is 0 Å². The Morgan fingerprint density at radius 2 is 2.17 bits per heavy atom. The van der Waals surface area contributed by atoms with Crippen LogP contribution in [0.5, 0.6) is 0 Å². The lowest BCUT2D eigenvalue weighted by Crippen LogP contribution is -1.92. The number of hydrogen-bond donors (Lipinski definition) is 1. The van der Waals surface area contributed by atoms with Gasteiger partial charge in [-0.3, -0.25) is 4.98 Å². The predicted molar refractivity (Wildman–Crippen MR) is 55.2 cm³/mol. The third kappa shape index (κ3) is 2.74. The molecule has 0 amide bonds. The highest BCUT2D eigenvalue weighted by Crippen LogP contribution is 2.10. The Morgan fingerprint density at radius 3 is 2.58 bits per heavy atom. The Hall–Kier alpha value is -1.31. The van der Waals surface area contributed by atoms with Gasteiger partial charge in [0.05, 0.1) is 11.4 Å². The molecule has 1 rings (SSSR count). The Bertz CT molecular complexity index is 231. The number of nitrogens with one attached hydrogen (secondary N) is 1. The first kappa shape index (κ1) is 10.7. The molecule has 1 aromatic heterocycles. The van der Waals surface area contributed by atoms with E-state index in [0.29, 0.717) is 0 Å². The van der Waals surface area contributed by atoms with Gasteiger partial charge in [-0.25, -0.2) is 0 Å². The van der Waals surface area contributed by atoms with Crippen LogP contribution in [0.4, 0.5) is 5.69 Å². The second-order valence-electron chi connectivity index (χ2n) is 1.89. The average Bonchev–Trinajstić information content (AvgIpc) is 2.20. The molecule has 0 aliphatic rings. The molecule has 1 N–H and O–H groups in total. The first-order valence-corrected chi connectivity index (χ1v) is 4.13. The molecular weight excluding hydrogens is 148 g/mol. The van der Waals surface area contributed by atoms with Gasteiger partial charge in [-0.2, -0.15) is 0 Å². The van der Waals surface area contributed by atoms with Crippen molar-refractivity contribution < 1.29 is 0 Å². The minimum absolute atomic E-state index is 0.894. The van der Waals surface area contributed by atoms with Crippen LogP contribution < -0.4 is 5.32 Å². The molecule has 1 aromatic rings. The zero-order valence-corrected chi connectivity index (χ0v) is 7.96. The fraction of sp³-hybridized carbons (Fsp3) is 0.300. The van der Waals surface area contributed by atoms with Gasteiger partial charge in [0.25, 0.3) is 0 Å². The second kappa shape index (κ2) is 6.40. The summed E-state index contributed by atoms with van der Waals surface area (Å²) in [6, 6.07) is 3.85. The van der Waals surface area contributed by atoms with E-state index in [2.05, 4.69) is 16.9 Å². The van der Waals surface area contributed by atoms with E-state index in [9.17, 15) is 0 Å². The lowest BCUT2D eigenvalue weighted by atomic mass is 10.3. The highest BCUT2D eigenvalue weighted by atomic mass is 14.9. The van der Waals surface area contributed by atoms with E-state index in [0.717, 1.165) is 11.4 Å². The van der Waals surface area contributed by atoms with Crippen LogP contribution in [0.2, 0.25) is 0 Å². The zero-order valence-electron chi connectivity index (χ0n) is 7.96. The van der Waals surface area contributed by atoms with Crippen molar-refractivity contribution in [1.29, 1.82) is 0 Å². The van der Waals surface area contributed by atoms with Crippen molar-refractivity contribution in [2.45, 2.75) is 13.8 Å². The van der Waals surface area contributed by atoms with Crippen molar-refractivity contribution in [1.82, 2.24) is 4.98 Å². The van der Waals surface area contributed by atoms with E-state index in [1.165, 1.54) is 0 Å². The summed E-state index contributed by atoms with van der Waals surface area (Å²) in [7, 11) is 1.87. The maximum absolute atomic E-state index is 4.09. The Morgan fingerprint density at radius 1 is 1.50 bits per heavy atom. The quantitative estimate of drug-likeness (QED) is 0.727. The van der Waals surface area contributed by atoms with Crippen molar-refractivity contribution in [2.75, 3.05) is 12.4 Å². The fourth-order valence-electron chi connectivity index (χ4n) is 0.792. The standard InChI is InChI=1S/C8H10N2.C2H6/c1-3-7-8(9-2)5-4-6-10-7;1-2/h3-6,9H,1H2,2H3;1-2H3. The normalized spacial score (nSPS) is 7.92. The molecule has 0 saturated heterocycles. The maximum atomic E-state index is 4.09. The van der Waals surface area contributed by atoms with E-state index in [-0.39, 0.29) is 0 Å². The second-order valence-corrected chi connectivity index (χ2v) is 1.89. The summed E-state index contributed by atoms with van der Waals surface area (Å²) in [5.41, 5.74) is 1.91. The minimum Gasteiger partial charge on any atom is -0.386 e. The molecule has 12 heavy (non-hydrogen) atoms. The topological polar surface area (TPSA) is 24.9 Å². The molecule has 1 heterocycles. The van der Waals surface area contributed by atoms with Gasteiger partial charge in [-0.05, 0) is 18.2 Å². The third-order valence-electron chi connectivity index (χ3n) is 1.30. The molecule has 0 aromatic carbocycles. The summed E-state index contributed by atoms with van der Waals surface area (Å²) in [5.74, 6) is 0. The van der Waals surface area contributed by atoms with Crippen LogP contribution in [0, 0.1) is 0 Å². The number of nitrogens with zero attached hydrogens (tertiary/aromatic N) is 1. The van der Waals surface area contributed by atoms with Gasteiger partial charge in [0, 0.05) is 13.2 Å². The summed E-state index contributed by atoms with van der Waals surface area (Å²) >= 11 is 0. The lowest BCUT2D eigenvalue weighted by molar-refractivity contribution is 1.28. The molecule has 0 unspecified atom stereocenters. The first-order valence-electron chi connectivity index (χ1n) is 4.13. The molecule has 0 radical (unpaired) electrons. The van der Waals surface area contributed by atoms with Crippen LogP contribution in [0.25, 0.3) is 6.08 Å². The molecule has 66 valence electrons.